The Kier molecular flexibility index (Phi) is 4.04. The molecule has 1 aliphatic heterocycles. The standard InChI is InChI=1S/C17H23NO3/c1-20-13-8-9-14(16(11-13)21-2)15-7-4-10-18(15)17(19)12-5-3-6-12/h8-9,11-12,15H,3-7,10H2,1-2H3/t15-/m1/s1. The molecule has 1 saturated heterocycles. The number of methoxy groups -OCH3 is 2. The first-order valence-corrected chi connectivity index (χ1v) is 7.77. The fraction of sp³-hybridized carbons (Fsp3) is 0.588. The topological polar surface area (TPSA) is 38.8 Å². The summed E-state index contributed by atoms with van der Waals surface area (Å²) in [6.07, 6.45) is 5.39. The quantitative estimate of drug-likeness (QED) is 0.854. The Morgan fingerprint density at radius 2 is 1.95 bits per heavy atom. The van der Waals surface area contributed by atoms with Crippen molar-refractivity contribution in [2.45, 2.75) is 38.1 Å². The average Bonchev–Trinajstić information content (AvgIpc) is 2.93. The molecule has 4 nitrogen and oxygen atoms in total. The van der Waals surface area contributed by atoms with E-state index in [4.69, 9.17) is 9.47 Å². The van der Waals surface area contributed by atoms with E-state index in [2.05, 4.69) is 4.90 Å². The SMILES string of the molecule is COc1ccc([C@H]2CCCN2C(=O)C2CCC2)c(OC)c1. The fourth-order valence-electron chi connectivity index (χ4n) is 3.34. The van der Waals surface area contributed by atoms with Crippen molar-refractivity contribution in [3.63, 3.8) is 0 Å². The number of ether oxygens (including phenoxy) is 2. The molecule has 0 spiro atoms. The number of carbonyl (C=O) groups excluding carboxylic acids is 1. The minimum atomic E-state index is 0.152. The minimum absolute atomic E-state index is 0.152. The predicted octanol–water partition coefficient (Wildman–Crippen LogP) is 3.17. The zero-order chi connectivity index (χ0) is 14.8. The largest absolute Gasteiger partial charge is 0.497 e. The molecule has 0 N–H and O–H groups in total. The van der Waals surface area contributed by atoms with Crippen LogP contribution in [0.2, 0.25) is 0 Å². The second-order valence-electron chi connectivity index (χ2n) is 5.93. The Morgan fingerprint density at radius 1 is 1.14 bits per heavy atom. The van der Waals surface area contributed by atoms with Crippen LogP contribution in [-0.2, 0) is 4.79 Å². The van der Waals surface area contributed by atoms with Crippen LogP contribution in [0.3, 0.4) is 0 Å². The van der Waals surface area contributed by atoms with E-state index in [-0.39, 0.29) is 12.0 Å². The van der Waals surface area contributed by atoms with Crippen molar-refractivity contribution in [2.24, 2.45) is 5.92 Å². The van der Waals surface area contributed by atoms with Crippen molar-refractivity contribution in [3.8, 4) is 11.5 Å². The second kappa shape index (κ2) is 5.96. The molecule has 4 heteroatoms. The van der Waals surface area contributed by atoms with Crippen LogP contribution in [0, 0.1) is 5.92 Å². The highest BCUT2D eigenvalue weighted by molar-refractivity contribution is 5.80. The van der Waals surface area contributed by atoms with Crippen molar-refractivity contribution in [1.82, 2.24) is 4.90 Å². The second-order valence-corrected chi connectivity index (χ2v) is 5.93. The maximum Gasteiger partial charge on any atom is 0.226 e. The molecule has 0 bridgehead atoms. The van der Waals surface area contributed by atoms with Crippen molar-refractivity contribution >= 4 is 5.91 Å². The normalized spacial score (nSPS) is 22.0. The highest BCUT2D eigenvalue weighted by Crippen LogP contribution is 2.41. The molecule has 1 aromatic carbocycles. The lowest BCUT2D eigenvalue weighted by Gasteiger charge is -2.33. The Labute approximate surface area is 126 Å². The lowest BCUT2D eigenvalue weighted by Crippen LogP contribution is -2.38. The number of benzene rings is 1. The first kappa shape index (κ1) is 14.2. The number of rotatable bonds is 4. The molecule has 2 aliphatic rings. The van der Waals surface area contributed by atoms with Crippen LogP contribution >= 0.6 is 0 Å². The van der Waals surface area contributed by atoms with Crippen LogP contribution in [0.25, 0.3) is 0 Å². The van der Waals surface area contributed by atoms with Crippen LogP contribution in [0.5, 0.6) is 11.5 Å². The Balaban J connectivity index is 1.85. The fourth-order valence-corrected chi connectivity index (χ4v) is 3.34. The van der Waals surface area contributed by atoms with E-state index in [1.165, 1.54) is 6.42 Å². The molecule has 0 unspecified atom stereocenters. The van der Waals surface area contributed by atoms with Gasteiger partial charge in [0.2, 0.25) is 5.91 Å². The smallest absolute Gasteiger partial charge is 0.226 e. The number of hydrogen-bond acceptors (Lipinski definition) is 3. The Hall–Kier alpha value is -1.71. The zero-order valence-corrected chi connectivity index (χ0v) is 12.8. The van der Waals surface area contributed by atoms with Crippen LogP contribution < -0.4 is 9.47 Å². The monoisotopic (exact) mass is 289 g/mol. The first-order valence-electron chi connectivity index (χ1n) is 7.77. The maximum atomic E-state index is 12.6. The molecule has 21 heavy (non-hydrogen) atoms. The van der Waals surface area contributed by atoms with E-state index in [9.17, 15) is 4.79 Å². The summed E-state index contributed by atoms with van der Waals surface area (Å²) in [6.45, 7) is 0.870. The average molecular weight is 289 g/mol. The molecule has 1 amide bonds. The van der Waals surface area contributed by atoms with Gasteiger partial charge in [0, 0.05) is 24.1 Å². The highest BCUT2D eigenvalue weighted by Gasteiger charge is 2.37. The lowest BCUT2D eigenvalue weighted by molar-refractivity contribution is -0.139. The summed E-state index contributed by atoms with van der Waals surface area (Å²) in [5.74, 6) is 2.19. The molecule has 1 aliphatic carbocycles. The molecular formula is C17H23NO3. The first-order chi connectivity index (χ1) is 10.2. The molecule has 1 heterocycles. The number of hydrogen-bond donors (Lipinski definition) is 0. The van der Waals surface area contributed by atoms with Gasteiger partial charge in [0.25, 0.3) is 0 Å². The summed E-state index contributed by atoms with van der Waals surface area (Å²) in [5.41, 5.74) is 1.10. The molecule has 1 saturated carbocycles. The highest BCUT2D eigenvalue weighted by atomic mass is 16.5. The van der Waals surface area contributed by atoms with Gasteiger partial charge in [0.1, 0.15) is 11.5 Å². The van der Waals surface area contributed by atoms with E-state index >= 15 is 0 Å². The van der Waals surface area contributed by atoms with Gasteiger partial charge < -0.3 is 14.4 Å². The van der Waals surface area contributed by atoms with E-state index in [0.29, 0.717) is 5.91 Å². The predicted molar refractivity (Wildman–Crippen MR) is 80.6 cm³/mol. The molecule has 2 fully saturated rings. The van der Waals surface area contributed by atoms with E-state index in [1.54, 1.807) is 14.2 Å². The van der Waals surface area contributed by atoms with Crippen LogP contribution in [0.4, 0.5) is 0 Å². The van der Waals surface area contributed by atoms with Crippen molar-refractivity contribution in [3.05, 3.63) is 23.8 Å². The Morgan fingerprint density at radius 3 is 2.57 bits per heavy atom. The lowest BCUT2D eigenvalue weighted by atomic mass is 9.84. The molecular weight excluding hydrogens is 266 g/mol. The van der Waals surface area contributed by atoms with E-state index in [0.717, 1.165) is 49.3 Å². The maximum absolute atomic E-state index is 12.6. The van der Waals surface area contributed by atoms with E-state index in [1.807, 2.05) is 18.2 Å². The third-order valence-corrected chi connectivity index (χ3v) is 4.79. The summed E-state index contributed by atoms with van der Waals surface area (Å²) in [5, 5.41) is 0. The summed E-state index contributed by atoms with van der Waals surface area (Å²) in [4.78, 5) is 14.7. The number of nitrogens with zero attached hydrogens (tertiary/aromatic N) is 1. The molecule has 114 valence electrons. The zero-order valence-electron chi connectivity index (χ0n) is 12.8. The number of amides is 1. The van der Waals surface area contributed by atoms with Crippen LogP contribution in [-0.4, -0.2) is 31.6 Å². The van der Waals surface area contributed by atoms with Gasteiger partial charge in [-0.1, -0.05) is 6.42 Å². The molecule has 0 aromatic heterocycles. The van der Waals surface area contributed by atoms with Crippen LogP contribution in [0.15, 0.2) is 18.2 Å². The molecule has 1 atom stereocenters. The third-order valence-electron chi connectivity index (χ3n) is 4.79. The van der Waals surface area contributed by atoms with Crippen molar-refractivity contribution in [2.75, 3.05) is 20.8 Å². The van der Waals surface area contributed by atoms with Crippen molar-refractivity contribution in [1.29, 1.82) is 0 Å². The summed E-state index contributed by atoms with van der Waals surface area (Å²) < 4.78 is 10.8. The summed E-state index contributed by atoms with van der Waals surface area (Å²) in [6, 6.07) is 6.04. The minimum Gasteiger partial charge on any atom is -0.497 e. The number of carbonyl (C=O) groups is 1. The molecule has 0 radical (unpaired) electrons. The number of likely N-dealkylation sites (tertiary alicyclic amines) is 1. The van der Waals surface area contributed by atoms with Gasteiger partial charge in [-0.2, -0.15) is 0 Å². The van der Waals surface area contributed by atoms with Gasteiger partial charge in [-0.3, -0.25) is 4.79 Å². The van der Waals surface area contributed by atoms with Crippen LogP contribution in [0.1, 0.15) is 43.7 Å². The third kappa shape index (κ3) is 2.59. The molecule has 1 aromatic rings. The van der Waals surface area contributed by atoms with Gasteiger partial charge in [0.15, 0.2) is 0 Å². The van der Waals surface area contributed by atoms with Gasteiger partial charge >= 0.3 is 0 Å². The van der Waals surface area contributed by atoms with Gasteiger partial charge in [-0.25, -0.2) is 0 Å². The summed E-state index contributed by atoms with van der Waals surface area (Å²) >= 11 is 0. The summed E-state index contributed by atoms with van der Waals surface area (Å²) in [7, 11) is 3.32. The van der Waals surface area contributed by atoms with E-state index < -0.39 is 0 Å². The van der Waals surface area contributed by atoms with Gasteiger partial charge in [0.05, 0.1) is 20.3 Å². The Bertz CT molecular complexity index is 525. The van der Waals surface area contributed by atoms with Gasteiger partial charge in [-0.05, 0) is 37.8 Å². The van der Waals surface area contributed by atoms with Gasteiger partial charge in [-0.15, -0.1) is 0 Å². The van der Waals surface area contributed by atoms with Crippen molar-refractivity contribution < 1.29 is 14.3 Å². The molecule has 3 rings (SSSR count).